The minimum absolute atomic E-state index is 0.0317. The van der Waals surface area contributed by atoms with Crippen molar-refractivity contribution >= 4 is 21.6 Å². The van der Waals surface area contributed by atoms with Crippen molar-refractivity contribution in [1.82, 2.24) is 14.2 Å². The van der Waals surface area contributed by atoms with Crippen LogP contribution in [0.2, 0.25) is 5.02 Å². The lowest BCUT2D eigenvalue weighted by atomic mass is 10.3. The quantitative estimate of drug-likeness (QED) is 0.839. The van der Waals surface area contributed by atoms with Crippen molar-refractivity contribution in [3.05, 3.63) is 35.9 Å². The second-order valence-electron chi connectivity index (χ2n) is 3.07. The average Bonchev–Trinajstić information content (AvgIpc) is 2.83. The van der Waals surface area contributed by atoms with Gasteiger partial charge in [0.05, 0.1) is 17.0 Å². The van der Waals surface area contributed by atoms with E-state index in [4.69, 9.17) is 16.3 Å². The van der Waals surface area contributed by atoms with Gasteiger partial charge in [-0.2, -0.15) is 8.42 Å². The molecule has 0 fully saturated rings. The van der Waals surface area contributed by atoms with Crippen LogP contribution in [0.15, 0.2) is 35.7 Å². The first-order chi connectivity index (χ1) is 8.05. The Hall–Kier alpha value is -1.60. The van der Waals surface area contributed by atoms with Crippen LogP contribution in [0.3, 0.4) is 0 Å². The molecule has 2 rings (SSSR count). The molecular weight excluding hydrogens is 266 g/mol. The fraction of sp³-hybridized carbons (Fsp3) is 0.111. The summed E-state index contributed by atoms with van der Waals surface area (Å²) in [4.78, 5) is 3.62. The van der Waals surface area contributed by atoms with Crippen LogP contribution in [0, 0.1) is 0 Å². The summed E-state index contributed by atoms with van der Waals surface area (Å²) in [6.45, 7) is 0. The lowest BCUT2D eigenvalue weighted by molar-refractivity contribution is 0.413. The number of aromatic nitrogens is 3. The zero-order chi connectivity index (χ0) is 12.5. The Morgan fingerprint density at radius 1 is 1.41 bits per heavy atom. The van der Waals surface area contributed by atoms with Crippen LogP contribution >= 0.6 is 11.6 Å². The highest BCUT2D eigenvalue weighted by atomic mass is 35.5. The van der Waals surface area contributed by atoms with Crippen molar-refractivity contribution in [1.29, 1.82) is 0 Å². The van der Waals surface area contributed by atoms with Crippen molar-refractivity contribution in [2.45, 2.75) is 4.90 Å². The minimum atomic E-state index is -3.74. The summed E-state index contributed by atoms with van der Waals surface area (Å²) >= 11 is 5.82. The van der Waals surface area contributed by atoms with E-state index >= 15 is 0 Å². The first-order valence-corrected chi connectivity index (χ1v) is 6.31. The van der Waals surface area contributed by atoms with Crippen molar-refractivity contribution in [2.75, 3.05) is 7.11 Å². The third-order valence-corrected chi connectivity index (χ3v) is 3.91. The van der Waals surface area contributed by atoms with E-state index in [2.05, 4.69) is 10.1 Å². The molecule has 0 saturated heterocycles. The molecule has 0 radical (unpaired) electrons. The van der Waals surface area contributed by atoms with Gasteiger partial charge in [-0.3, -0.25) is 0 Å². The molecule has 0 unspecified atom stereocenters. The number of halogens is 1. The predicted octanol–water partition coefficient (Wildman–Crippen LogP) is 1.18. The molecule has 0 aliphatic carbocycles. The second kappa shape index (κ2) is 4.34. The monoisotopic (exact) mass is 273 g/mol. The lowest BCUT2D eigenvalue weighted by Crippen LogP contribution is -2.13. The van der Waals surface area contributed by atoms with E-state index in [1.54, 1.807) is 0 Å². The number of rotatable bonds is 3. The highest BCUT2D eigenvalue weighted by Crippen LogP contribution is 2.27. The number of methoxy groups -OCH3 is 1. The summed E-state index contributed by atoms with van der Waals surface area (Å²) in [6.07, 6.45) is 2.25. The molecule has 0 atom stereocenters. The smallest absolute Gasteiger partial charge is 0.284 e. The van der Waals surface area contributed by atoms with Crippen molar-refractivity contribution in [2.24, 2.45) is 0 Å². The van der Waals surface area contributed by atoms with Gasteiger partial charge >= 0.3 is 0 Å². The van der Waals surface area contributed by atoms with Crippen LogP contribution in [0.4, 0.5) is 0 Å². The van der Waals surface area contributed by atoms with Crippen LogP contribution in [-0.4, -0.2) is 29.7 Å². The van der Waals surface area contributed by atoms with E-state index in [1.807, 2.05) is 0 Å². The van der Waals surface area contributed by atoms with Gasteiger partial charge in [-0.15, -0.1) is 9.19 Å². The molecule has 0 N–H and O–H groups in total. The Morgan fingerprint density at radius 3 is 2.76 bits per heavy atom. The Labute approximate surface area is 103 Å². The number of nitrogens with zero attached hydrogens (tertiary/aromatic N) is 3. The Morgan fingerprint density at radius 2 is 2.18 bits per heavy atom. The van der Waals surface area contributed by atoms with E-state index in [0.29, 0.717) is 5.02 Å². The maximum atomic E-state index is 12.0. The van der Waals surface area contributed by atoms with Crippen molar-refractivity contribution < 1.29 is 13.2 Å². The molecule has 17 heavy (non-hydrogen) atoms. The maximum absolute atomic E-state index is 12.0. The molecular formula is C9H8ClN3O3S. The highest BCUT2D eigenvalue weighted by Gasteiger charge is 2.19. The van der Waals surface area contributed by atoms with Gasteiger partial charge in [0, 0.05) is 6.07 Å². The summed E-state index contributed by atoms with van der Waals surface area (Å²) in [6, 6.07) is 4.16. The van der Waals surface area contributed by atoms with Gasteiger partial charge in [-0.1, -0.05) is 11.6 Å². The molecule has 1 aromatic carbocycles. The van der Waals surface area contributed by atoms with Crippen LogP contribution in [0.25, 0.3) is 0 Å². The molecule has 8 heteroatoms. The fourth-order valence-electron chi connectivity index (χ4n) is 1.23. The third-order valence-electron chi connectivity index (χ3n) is 2.06. The third kappa shape index (κ3) is 2.11. The molecule has 0 bridgehead atoms. The zero-order valence-corrected chi connectivity index (χ0v) is 10.3. The fourth-order valence-corrected chi connectivity index (χ4v) is 2.48. The maximum Gasteiger partial charge on any atom is 0.284 e. The van der Waals surface area contributed by atoms with Crippen molar-refractivity contribution in [3.63, 3.8) is 0 Å². The summed E-state index contributed by atoms with van der Waals surface area (Å²) in [5.41, 5.74) is 0. The largest absolute Gasteiger partial charge is 0.495 e. The lowest BCUT2D eigenvalue weighted by Gasteiger charge is -2.07. The zero-order valence-electron chi connectivity index (χ0n) is 8.74. The molecule has 90 valence electrons. The van der Waals surface area contributed by atoms with E-state index < -0.39 is 10.0 Å². The van der Waals surface area contributed by atoms with E-state index in [0.717, 1.165) is 16.7 Å². The van der Waals surface area contributed by atoms with Crippen LogP contribution < -0.4 is 4.74 Å². The Kier molecular flexibility index (Phi) is 3.03. The van der Waals surface area contributed by atoms with Gasteiger partial charge in [0.2, 0.25) is 0 Å². The Bertz CT molecular complexity index is 625. The van der Waals surface area contributed by atoms with Crippen LogP contribution in [-0.2, 0) is 10.0 Å². The second-order valence-corrected chi connectivity index (χ2v) is 5.27. The number of benzene rings is 1. The number of ether oxygens (including phenoxy) is 1. The molecule has 0 aliphatic heterocycles. The van der Waals surface area contributed by atoms with E-state index in [9.17, 15) is 8.42 Å². The normalized spacial score (nSPS) is 11.4. The molecule has 1 aromatic heterocycles. The Balaban J connectivity index is 2.55. The molecule has 0 saturated carbocycles. The molecule has 1 heterocycles. The number of hydrogen-bond donors (Lipinski definition) is 0. The van der Waals surface area contributed by atoms with Gasteiger partial charge in [0.1, 0.15) is 18.4 Å². The standard InChI is InChI=1S/C9H8ClN3O3S/c1-16-9-4-7(2-3-8(9)10)17(14,15)13-6-11-5-12-13/h2-6H,1H3. The van der Waals surface area contributed by atoms with E-state index in [-0.39, 0.29) is 10.6 Å². The summed E-state index contributed by atoms with van der Waals surface area (Å²) in [7, 11) is -2.33. The summed E-state index contributed by atoms with van der Waals surface area (Å²) in [5, 5.41) is 3.92. The van der Waals surface area contributed by atoms with Gasteiger partial charge in [0.15, 0.2) is 0 Å². The molecule has 2 aromatic rings. The number of hydrogen-bond acceptors (Lipinski definition) is 5. The van der Waals surface area contributed by atoms with E-state index in [1.165, 1.54) is 25.3 Å². The van der Waals surface area contributed by atoms with Gasteiger partial charge in [-0.25, -0.2) is 4.98 Å². The SMILES string of the molecule is COc1cc(S(=O)(=O)n2cncn2)ccc1Cl. The summed E-state index contributed by atoms with van der Waals surface area (Å²) < 4.78 is 29.8. The highest BCUT2D eigenvalue weighted by molar-refractivity contribution is 7.89. The molecule has 6 nitrogen and oxygen atoms in total. The van der Waals surface area contributed by atoms with Crippen molar-refractivity contribution in [3.8, 4) is 5.75 Å². The first kappa shape index (κ1) is 11.9. The first-order valence-electron chi connectivity index (χ1n) is 4.49. The van der Waals surface area contributed by atoms with Gasteiger partial charge < -0.3 is 4.74 Å². The van der Waals surface area contributed by atoms with Gasteiger partial charge in [0.25, 0.3) is 10.0 Å². The summed E-state index contributed by atoms with van der Waals surface area (Å²) in [5.74, 6) is 0.285. The predicted molar refractivity (Wildman–Crippen MR) is 60.6 cm³/mol. The molecule has 0 amide bonds. The average molecular weight is 274 g/mol. The topological polar surface area (TPSA) is 74.1 Å². The minimum Gasteiger partial charge on any atom is -0.495 e. The van der Waals surface area contributed by atoms with Gasteiger partial charge in [-0.05, 0) is 12.1 Å². The molecule has 0 spiro atoms. The molecule has 0 aliphatic rings. The van der Waals surface area contributed by atoms with Crippen LogP contribution in [0.5, 0.6) is 5.75 Å². The van der Waals surface area contributed by atoms with Crippen LogP contribution in [0.1, 0.15) is 0 Å².